The molecule has 0 radical (unpaired) electrons. The molecule has 0 aromatic heterocycles. The normalized spacial score (nSPS) is 16.2. The molecule has 0 spiro atoms. The van der Waals surface area contributed by atoms with Crippen LogP contribution in [0.15, 0.2) is 48.5 Å². The first-order valence-corrected chi connectivity index (χ1v) is 8.40. The highest BCUT2D eigenvalue weighted by Gasteiger charge is 2.23. The van der Waals surface area contributed by atoms with Gasteiger partial charge in [0.1, 0.15) is 5.78 Å². The number of Topliss-reactive ketones (excluding diaryl/α,β-unsaturated/α-hetero) is 1. The van der Waals surface area contributed by atoms with Crippen LogP contribution in [0.25, 0.3) is 0 Å². The molecule has 2 N–H and O–H groups in total. The Hall–Kier alpha value is -1.97. The molecule has 0 saturated heterocycles. The summed E-state index contributed by atoms with van der Waals surface area (Å²) in [7, 11) is 0. The number of hydrogen-bond donors (Lipinski definition) is 2. The van der Waals surface area contributed by atoms with Crippen LogP contribution in [0, 0.1) is 0 Å². The van der Waals surface area contributed by atoms with Crippen LogP contribution in [-0.4, -0.2) is 16.0 Å². The summed E-state index contributed by atoms with van der Waals surface area (Å²) >= 11 is 0. The molecule has 4 atom stereocenters. The molecule has 4 unspecified atom stereocenters. The maximum absolute atomic E-state index is 12.8. The summed E-state index contributed by atoms with van der Waals surface area (Å²) in [5.74, 6) is -0.261. The largest absolute Gasteiger partial charge is 0.389 e. The molecule has 3 nitrogen and oxygen atoms in total. The van der Waals surface area contributed by atoms with Gasteiger partial charge in [-0.05, 0) is 36.1 Å². The molecule has 0 aliphatic heterocycles. The van der Waals surface area contributed by atoms with E-state index in [1.54, 1.807) is 13.8 Å². The van der Waals surface area contributed by atoms with Gasteiger partial charge in [-0.3, -0.25) is 4.79 Å². The van der Waals surface area contributed by atoms with E-state index in [1.165, 1.54) is 0 Å². The molecule has 0 heterocycles. The highest BCUT2D eigenvalue weighted by molar-refractivity contribution is 5.91. The highest BCUT2D eigenvalue weighted by Crippen LogP contribution is 2.27. The molecule has 2 aromatic carbocycles. The van der Waals surface area contributed by atoms with Gasteiger partial charge in [-0.1, -0.05) is 62.4 Å². The van der Waals surface area contributed by atoms with Crippen molar-refractivity contribution in [2.45, 2.75) is 51.7 Å². The molecular weight excluding hydrogens is 300 g/mol. The SMILES string of the molecule is CC(O)c1ccc(C(C)C(=O)C(C)c2ccc(C(C)O)cc2)cc1. The van der Waals surface area contributed by atoms with Crippen molar-refractivity contribution in [1.29, 1.82) is 0 Å². The van der Waals surface area contributed by atoms with Gasteiger partial charge >= 0.3 is 0 Å². The highest BCUT2D eigenvalue weighted by atomic mass is 16.3. The standard InChI is InChI=1S/C21H26O3/c1-13(17-5-9-19(10-6-17)15(3)22)21(24)14(2)18-7-11-20(12-8-18)16(4)23/h5-16,22-23H,1-4H3. The monoisotopic (exact) mass is 326 g/mol. The van der Waals surface area contributed by atoms with E-state index in [2.05, 4.69) is 0 Å². The number of ketones is 1. The lowest BCUT2D eigenvalue weighted by molar-refractivity contribution is -0.121. The average Bonchev–Trinajstić information content (AvgIpc) is 2.60. The van der Waals surface area contributed by atoms with E-state index >= 15 is 0 Å². The van der Waals surface area contributed by atoms with Crippen LogP contribution in [-0.2, 0) is 4.79 Å². The number of rotatable bonds is 6. The zero-order chi connectivity index (χ0) is 17.9. The number of carbonyl (C=O) groups excluding carboxylic acids is 1. The van der Waals surface area contributed by atoms with Crippen LogP contribution >= 0.6 is 0 Å². The average molecular weight is 326 g/mol. The molecule has 0 aliphatic rings. The predicted molar refractivity (Wildman–Crippen MR) is 96.0 cm³/mol. The third kappa shape index (κ3) is 4.11. The first kappa shape index (κ1) is 18.4. The van der Waals surface area contributed by atoms with E-state index in [0.29, 0.717) is 0 Å². The summed E-state index contributed by atoms with van der Waals surface area (Å²) in [5.41, 5.74) is 3.61. The molecule has 128 valence electrons. The number of aliphatic hydroxyl groups is 2. The molecule has 2 aromatic rings. The number of carbonyl (C=O) groups is 1. The van der Waals surface area contributed by atoms with Crippen LogP contribution in [0.4, 0.5) is 0 Å². The maximum atomic E-state index is 12.8. The fourth-order valence-electron chi connectivity index (χ4n) is 2.83. The van der Waals surface area contributed by atoms with Crippen LogP contribution < -0.4 is 0 Å². The van der Waals surface area contributed by atoms with E-state index < -0.39 is 12.2 Å². The quantitative estimate of drug-likeness (QED) is 0.833. The Balaban J connectivity index is 2.14. The van der Waals surface area contributed by atoms with Crippen molar-refractivity contribution in [2.75, 3.05) is 0 Å². The fraction of sp³-hybridized carbons (Fsp3) is 0.381. The molecule has 0 amide bonds. The Kier molecular flexibility index (Phi) is 5.92. The third-order valence-corrected chi connectivity index (χ3v) is 4.69. The lowest BCUT2D eigenvalue weighted by atomic mass is 9.85. The topological polar surface area (TPSA) is 57.5 Å². The van der Waals surface area contributed by atoms with Gasteiger partial charge in [-0.15, -0.1) is 0 Å². The van der Waals surface area contributed by atoms with E-state index in [-0.39, 0.29) is 17.6 Å². The van der Waals surface area contributed by atoms with Gasteiger partial charge in [0.2, 0.25) is 0 Å². The smallest absolute Gasteiger partial charge is 0.147 e. The van der Waals surface area contributed by atoms with Gasteiger partial charge in [0.15, 0.2) is 0 Å². The summed E-state index contributed by atoms with van der Waals surface area (Å²) < 4.78 is 0. The first-order valence-electron chi connectivity index (χ1n) is 8.40. The van der Waals surface area contributed by atoms with Crippen LogP contribution in [0.1, 0.15) is 74.0 Å². The second-order valence-electron chi connectivity index (χ2n) is 6.53. The lowest BCUT2D eigenvalue weighted by Gasteiger charge is -2.18. The van der Waals surface area contributed by atoms with Crippen LogP contribution in [0.2, 0.25) is 0 Å². The summed E-state index contributed by atoms with van der Waals surface area (Å²) in [6.45, 7) is 7.28. The second-order valence-corrected chi connectivity index (χ2v) is 6.53. The van der Waals surface area contributed by atoms with Gasteiger partial charge in [0, 0.05) is 11.8 Å². The Morgan fingerprint density at radius 3 is 1.12 bits per heavy atom. The minimum Gasteiger partial charge on any atom is -0.389 e. The second kappa shape index (κ2) is 7.73. The summed E-state index contributed by atoms with van der Waals surface area (Å²) in [6, 6.07) is 15.1. The number of hydrogen-bond acceptors (Lipinski definition) is 3. The molecule has 3 heteroatoms. The van der Waals surface area contributed by atoms with Crippen LogP contribution in [0.5, 0.6) is 0 Å². The molecule has 24 heavy (non-hydrogen) atoms. The van der Waals surface area contributed by atoms with Gasteiger partial charge in [-0.25, -0.2) is 0 Å². The molecular formula is C21H26O3. The third-order valence-electron chi connectivity index (χ3n) is 4.69. The summed E-state index contributed by atoms with van der Waals surface area (Å²) in [6.07, 6.45) is -1.01. The Labute approximate surface area is 144 Å². The Morgan fingerprint density at radius 1 is 0.625 bits per heavy atom. The molecule has 2 rings (SSSR count). The zero-order valence-electron chi connectivity index (χ0n) is 14.7. The van der Waals surface area contributed by atoms with Gasteiger partial charge in [-0.2, -0.15) is 0 Å². The maximum Gasteiger partial charge on any atom is 0.147 e. The lowest BCUT2D eigenvalue weighted by Crippen LogP contribution is -2.16. The van der Waals surface area contributed by atoms with Crippen molar-refractivity contribution in [3.63, 3.8) is 0 Å². The van der Waals surface area contributed by atoms with Crippen molar-refractivity contribution in [2.24, 2.45) is 0 Å². The van der Waals surface area contributed by atoms with Gasteiger partial charge in [0.25, 0.3) is 0 Å². The number of benzene rings is 2. The van der Waals surface area contributed by atoms with E-state index in [1.807, 2.05) is 62.4 Å². The van der Waals surface area contributed by atoms with Crippen LogP contribution in [0.3, 0.4) is 0 Å². The van der Waals surface area contributed by atoms with Gasteiger partial charge in [0.05, 0.1) is 12.2 Å². The predicted octanol–water partition coefficient (Wildman–Crippen LogP) is 4.27. The van der Waals surface area contributed by atoms with Crippen molar-refractivity contribution < 1.29 is 15.0 Å². The number of aliphatic hydroxyl groups excluding tert-OH is 2. The summed E-state index contributed by atoms with van der Waals surface area (Å²) in [5, 5.41) is 19.2. The Morgan fingerprint density at radius 2 is 0.875 bits per heavy atom. The first-order chi connectivity index (χ1) is 11.3. The molecule has 0 aliphatic carbocycles. The fourth-order valence-corrected chi connectivity index (χ4v) is 2.83. The summed E-state index contributed by atoms with van der Waals surface area (Å²) in [4.78, 5) is 12.8. The molecule has 0 saturated carbocycles. The van der Waals surface area contributed by atoms with Crippen molar-refractivity contribution in [3.8, 4) is 0 Å². The van der Waals surface area contributed by atoms with E-state index in [0.717, 1.165) is 22.3 Å². The zero-order valence-corrected chi connectivity index (χ0v) is 14.7. The van der Waals surface area contributed by atoms with Crippen molar-refractivity contribution >= 4 is 5.78 Å². The Bertz CT molecular complexity index is 610. The van der Waals surface area contributed by atoms with E-state index in [9.17, 15) is 15.0 Å². The molecule has 0 bridgehead atoms. The minimum atomic E-state index is -0.503. The minimum absolute atomic E-state index is 0.157. The van der Waals surface area contributed by atoms with Gasteiger partial charge < -0.3 is 10.2 Å². The van der Waals surface area contributed by atoms with Crippen molar-refractivity contribution in [1.82, 2.24) is 0 Å². The molecule has 0 fully saturated rings. The van der Waals surface area contributed by atoms with Crippen molar-refractivity contribution in [3.05, 3.63) is 70.8 Å². The van der Waals surface area contributed by atoms with E-state index in [4.69, 9.17) is 0 Å².